The monoisotopic (exact) mass is 344 g/mol. The lowest BCUT2D eigenvalue weighted by Gasteiger charge is -2.25. The number of hydrogen-bond acceptors (Lipinski definition) is 4. The number of pyridine rings is 1. The molecule has 0 bridgehead atoms. The minimum Gasteiger partial charge on any atom is -0.338 e. The molecule has 0 spiro atoms. The summed E-state index contributed by atoms with van der Waals surface area (Å²) in [5.74, 6) is 0.789. The molecule has 2 N–H and O–H groups in total. The van der Waals surface area contributed by atoms with Crippen LogP contribution in [0.25, 0.3) is 22.4 Å². The number of benzene rings is 1. The minimum atomic E-state index is -3.22. The molecule has 2 aromatic heterocycles. The van der Waals surface area contributed by atoms with Crippen LogP contribution in [0.2, 0.25) is 0 Å². The summed E-state index contributed by atoms with van der Waals surface area (Å²) < 4.78 is 25.3. The standard InChI is InChI=1S/C17H20N4O2S/c1-17(2,11-19-24(3,22)23)13-4-5-14-15(10-13)21-16(20-14)12-6-8-18-9-7-12/h4-10,19H,11H2,1-3H3,(H,20,21). The SMILES string of the molecule is CC(C)(CNS(C)(=O)=O)c1ccc2[nH]c(-c3ccncc3)nc2c1. The molecule has 0 radical (unpaired) electrons. The van der Waals surface area contributed by atoms with Crippen LogP contribution in [0, 0.1) is 0 Å². The Morgan fingerprint density at radius 3 is 2.54 bits per heavy atom. The van der Waals surface area contributed by atoms with Crippen molar-refractivity contribution in [3.8, 4) is 11.4 Å². The Bertz CT molecular complexity index is 963. The third kappa shape index (κ3) is 3.63. The smallest absolute Gasteiger partial charge is 0.208 e. The fraction of sp³-hybridized carbons (Fsp3) is 0.294. The van der Waals surface area contributed by atoms with E-state index in [1.165, 1.54) is 6.26 Å². The van der Waals surface area contributed by atoms with Crippen molar-refractivity contribution in [3.05, 3.63) is 48.3 Å². The molecule has 2 heterocycles. The van der Waals surface area contributed by atoms with E-state index in [9.17, 15) is 8.42 Å². The maximum absolute atomic E-state index is 11.3. The normalized spacial score (nSPS) is 12.6. The van der Waals surface area contributed by atoms with Crippen LogP contribution in [0.1, 0.15) is 19.4 Å². The van der Waals surface area contributed by atoms with Crippen LogP contribution in [-0.2, 0) is 15.4 Å². The van der Waals surface area contributed by atoms with E-state index in [2.05, 4.69) is 19.7 Å². The summed E-state index contributed by atoms with van der Waals surface area (Å²) in [5.41, 5.74) is 3.46. The molecule has 0 unspecified atom stereocenters. The lowest BCUT2D eigenvalue weighted by Crippen LogP contribution is -2.36. The summed E-state index contributed by atoms with van der Waals surface area (Å²) in [4.78, 5) is 12.0. The van der Waals surface area contributed by atoms with Gasteiger partial charge in [0.1, 0.15) is 5.82 Å². The highest BCUT2D eigenvalue weighted by molar-refractivity contribution is 7.88. The molecule has 0 fully saturated rings. The number of sulfonamides is 1. The van der Waals surface area contributed by atoms with Gasteiger partial charge in [0, 0.05) is 29.9 Å². The molecule has 6 nitrogen and oxygen atoms in total. The summed E-state index contributed by atoms with van der Waals surface area (Å²) in [5, 5.41) is 0. The van der Waals surface area contributed by atoms with Gasteiger partial charge in [-0.05, 0) is 29.8 Å². The molecule has 0 aliphatic rings. The van der Waals surface area contributed by atoms with Crippen molar-refractivity contribution < 1.29 is 8.42 Å². The van der Waals surface area contributed by atoms with Crippen molar-refractivity contribution in [1.29, 1.82) is 0 Å². The van der Waals surface area contributed by atoms with Crippen molar-refractivity contribution in [3.63, 3.8) is 0 Å². The highest BCUT2D eigenvalue weighted by Gasteiger charge is 2.23. The third-order valence-corrected chi connectivity index (χ3v) is 4.66. The molecule has 0 amide bonds. The highest BCUT2D eigenvalue weighted by atomic mass is 32.2. The number of imidazole rings is 1. The zero-order valence-electron chi connectivity index (χ0n) is 13.9. The summed E-state index contributed by atoms with van der Waals surface area (Å²) in [6.07, 6.45) is 4.63. The second-order valence-electron chi connectivity index (χ2n) is 6.53. The number of aromatic amines is 1. The molecule has 3 rings (SSSR count). The topological polar surface area (TPSA) is 87.7 Å². The van der Waals surface area contributed by atoms with Gasteiger partial charge < -0.3 is 4.98 Å². The Hall–Kier alpha value is -2.25. The number of fused-ring (bicyclic) bond motifs is 1. The lowest BCUT2D eigenvalue weighted by molar-refractivity contribution is 0.504. The van der Waals surface area contributed by atoms with Crippen LogP contribution in [-0.4, -0.2) is 36.2 Å². The van der Waals surface area contributed by atoms with E-state index in [1.54, 1.807) is 12.4 Å². The molecule has 3 aromatic rings. The highest BCUT2D eigenvalue weighted by Crippen LogP contribution is 2.27. The fourth-order valence-electron chi connectivity index (χ4n) is 2.49. The molecule has 0 atom stereocenters. The first kappa shape index (κ1) is 16.6. The van der Waals surface area contributed by atoms with Gasteiger partial charge in [-0.15, -0.1) is 0 Å². The maximum Gasteiger partial charge on any atom is 0.208 e. The van der Waals surface area contributed by atoms with Crippen LogP contribution in [0.3, 0.4) is 0 Å². The Morgan fingerprint density at radius 2 is 1.88 bits per heavy atom. The first-order chi connectivity index (χ1) is 11.2. The summed E-state index contributed by atoms with van der Waals surface area (Å²) in [7, 11) is -3.22. The van der Waals surface area contributed by atoms with Crippen molar-refractivity contribution in [2.75, 3.05) is 12.8 Å². The minimum absolute atomic E-state index is 0.332. The summed E-state index contributed by atoms with van der Waals surface area (Å²) >= 11 is 0. The third-order valence-electron chi connectivity index (χ3n) is 3.99. The molecular formula is C17H20N4O2S. The van der Waals surface area contributed by atoms with Gasteiger partial charge in [0.05, 0.1) is 17.3 Å². The van der Waals surface area contributed by atoms with E-state index in [1.807, 2.05) is 44.2 Å². The lowest BCUT2D eigenvalue weighted by atomic mass is 9.85. The van der Waals surface area contributed by atoms with E-state index in [0.29, 0.717) is 6.54 Å². The van der Waals surface area contributed by atoms with Gasteiger partial charge in [0.15, 0.2) is 0 Å². The van der Waals surface area contributed by atoms with Gasteiger partial charge in [-0.3, -0.25) is 4.98 Å². The van der Waals surface area contributed by atoms with Crippen molar-refractivity contribution in [2.24, 2.45) is 0 Å². The molecule has 0 saturated carbocycles. The maximum atomic E-state index is 11.3. The fourth-order valence-corrected chi connectivity index (χ4v) is 3.11. The van der Waals surface area contributed by atoms with Crippen LogP contribution in [0.15, 0.2) is 42.7 Å². The van der Waals surface area contributed by atoms with E-state index in [4.69, 9.17) is 0 Å². The zero-order chi connectivity index (χ0) is 17.4. The van der Waals surface area contributed by atoms with Gasteiger partial charge >= 0.3 is 0 Å². The second kappa shape index (κ2) is 5.99. The van der Waals surface area contributed by atoms with E-state index in [0.717, 1.165) is 28.0 Å². The first-order valence-corrected chi connectivity index (χ1v) is 9.49. The van der Waals surface area contributed by atoms with Crippen LogP contribution >= 0.6 is 0 Å². The number of nitrogens with one attached hydrogen (secondary N) is 2. The molecular weight excluding hydrogens is 324 g/mol. The quantitative estimate of drug-likeness (QED) is 0.744. The van der Waals surface area contributed by atoms with E-state index in [-0.39, 0.29) is 5.41 Å². The predicted octanol–water partition coefficient (Wildman–Crippen LogP) is 2.45. The predicted molar refractivity (Wildman–Crippen MR) is 95.2 cm³/mol. The van der Waals surface area contributed by atoms with Gasteiger partial charge in [-0.25, -0.2) is 18.1 Å². The van der Waals surface area contributed by atoms with Crippen LogP contribution < -0.4 is 4.72 Å². The molecule has 0 saturated heterocycles. The molecule has 0 aliphatic carbocycles. The van der Waals surface area contributed by atoms with Crippen LogP contribution in [0.5, 0.6) is 0 Å². The Morgan fingerprint density at radius 1 is 1.17 bits per heavy atom. The number of nitrogens with zero attached hydrogens (tertiary/aromatic N) is 2. The van der Waals surface area contributed by atoms with Gasteiger partial charge in [-0.1, -0.05) is 19.9 Å². The molecule has 0 aliphatic heterocycles. The zero-order valence-corrected chi connectivity index (χ0v) is 14.7. The van der Waals surface area contributed by atoms with Crippen molar-refractivity contribution in [2.45, 2.75) is 19.3 Å². The molecule has 126 valence electrons. The number of rotatable bonds is 5. The van der Waals surface area contributed by atoms with Gasteiger partial charge in [-0.2, -0.15) is 0 Å². The van der Waals surface area contributed by atoms with Crippen molar-refractivity contribution >= 4 is 21.1 Å². The number of H-pyrrole nitrogens is 1. The van der Waals surface area contributed by atoms with Crippen molar-refractivity contribution in [1.82, 2.24) is 19.7 Å². The molecule has 1 aromatic carbocycles. The largest absolute Gasteiger partial charge is 0.338 e. The number of aromatic nitrogens is 3. The Labute approximate surface area is 141 Å². The van der Waals surface area contributed by atoms with Crippen LogP contribution in [0.4, 0.5) is 0 Å². The summed E-state index contributed by atoms with van der Waals surface area (Å²) in [6.45, 7) is 4.34. The molecule has 7 heteroatoms. The average Bonchev–Trinajstić information content (AvgIpc) is 2.96. The van der Waals surface area contributed by atoms with E-state index < -0.39 is 10.0 Å². The molecule has 24 heavy (non-hydrogen) atoms. The number of hydrogen-bond donors (Lipinski definition) is 2. The van der Waals surface area contributed by atoms with Gasteiger partial charge in [0.2, 0.25) is 10.0 Å². The van der Waals surface area contributed by atoms with Gasteiger partial charge in [0.25, 0.3) is 0 Å². The Kier molecular flexibility index (Phi) is 4.15. The first-order valence-electron chi connectivity index (χ1n) is 7.60. The average molecular weight is 344 g/mol. The Balaban J connectivity index is 1.94. The van der Waals surface area contributed by atoms with E-state index >= 15 is 0 Å². The second-order valence-corrected chi connectivity index (χ2v) is 8.36. The summed E-state index contributed by atoms with van der Waals surface area (Å²) in [6, 6.07) is 9.78.